The molecule has 2 amide bonds. The Bertz CT molecular complexity index is 582. The quantitative estimate of drug-likeness (QED) is 0.301. The number of nitrogens with one attached hydrogen (secondary N) is 2. The van der Waals surface area contributed by atoms with Gasteiger partial charge in [0.2, 0.25) is 0 Å². The van der Waals surface area contributed by atoms with Gasteiger partial charge in [0.1, 0.15) is 0 Å². The Labute approximate surface area is 158 Å². The fourth-order valence-electron chi connectivity index (χ4n) is 1.93. The van der Waals surface area contributed by atoms with Gasteiger partial charge in [-0.1, -0.05) is 13.8 Å². The molecule has 6 N–H and O–H groups in total. The Kier molecular flexibility index (Phi) is 11.8. The average Bonchev–Trinajstić information content (AvgIpc) is 2.70. The number of hydrogen-bond acceptors (Lipinski definition) is 7. The maximum Gasteiger partial charge on any atom is 0.251 e. The Balaban J connectivity index is 0.00000326. The van der Waals surface area contributed by atoms with Gasteiger partial charge in [0.15, 0.2) is 5.78 Å². The Hall–Kier alpha value is -2.33. The zero-order chi connectivity index (χ0) is 21.0. The molecule has 1 aromatic rings. The second kappa shape index (κ2) is 12.9. The zero-order valence-corrected chi connectivity index (χ0v) is 15.7. The standard InChI is InChI=1S/C16H22N2O7.C2H6/c1-9(23)10-2-11(15(24)17-13(5-19)6-20)4-12(3-10)16(25)18-14(7-21)8-22;1-2/h2-4,13-14,19-22H,5-8H2,1H3,(H,17,24)(H,18,25);1-2H3. The molecule has 0 saturated carbocycles. The first-order chi connectivity index (χ1) is 12.9. The third-order valence-electron chi connectivity index (χ3n) is 3.42. The predicted molar refractivity (Wildman–Crippen MR) is 98.6 cm³/mol. The SMILES string of the molecule is CC.CC(=O)c1cc(C(=O)NC(CO)CO)cc(C(=O)NC(CO)CO)c1. The molecule has 0 saturated heterocycles. The summed E-state index contributed by atoms with van der Waals surface area (Å²) in [4.78, 5) is 36.0. The smallest absolute Gasteiger partial charge is 0.251 e. The van der Waals surface area contributed by atoms with Crippen LogP contribution in [0.3, 0.4) is 0 Å². The van der Waals surface area contributed by atoms with E-state index >= 15 is 0 Å². The van der Waals surface area contributed by atoms with Gasteiger partial charge in [-0.25, -0.2) is 0 Å². The van der Waals surface area contributed by atoms with Gasteiger partial charge in [-0.2, -0.15) is 0 Å². The largest absolute Gasteiger partial charge is 0.394 e. The van der Waals surface area contributed by atoms with Crippen molar-refractivity contribution in [3.05, 3.63) is 34.9 Å². The third kappa shape index (κ3) is 7.83. The van der Waals surface area contributed by atoms with Crippen molar-refractivity contribution >= 4 is 17.6 Å². The highest BCUT2D eigenvalue weighted by atomic mass is 16.3. The number of Topliss-reactive ketones (excluding diaryl/α,β-unsaturated/α-hetero) is 1. The van der Waals surface area contributed by atoms with E-state index in [-0.39, 0.29) is 22.5 Å². The number of hydrogen-bond donors (Lipinski definition) is 6. The average molecular weight is 384 g/mol. The fraction of sp³-hybridized carbons (Fsp3) is 0.500. The first-order valence-corrected chi connectivity index (χ1v) is 8.57. The van der Waals surface area contributed by atoms with E-state index in [9.17, 15) is 14.4 Å². The number of amides is 2. The molecule has 0 heterocycles. The molecule has 0 aliphatic carbocycles. The van der Waals surface area contributed by atoms with Gasteiger partial charge in [0.25, 0.3) is 11.8 Å². The Morgan fingerprint density at radius 3 is 1.30 bits per heavy atom. The van der Waals surface area contributed by atoms with Gasteiger partial charge in [0, 0.05) is 16.7 Å². The first-order valence-electron chi connectivity index (χ1n) is 8.57. The predicted octanol–water partition coefficient (Wildman–Crippen LogP) is -0.919. The van der Waals surface area contributed by atoms with Crippen molar-refractivity contribution in [3.63, 3.8) is 0 Å². The molecule has 1 rings (SSSR count). The minimum Gasteiger partial charge on any atom is -0.394 e. The minimum absolute atomic E-state index is 0.00528. The first kappa shape index (κ1) is 24.7. The molecule has 0 fully saturated rings. The van der Waals surface area contributed by atoms with E-state index in [1.54, 1.807) is 0 Å². The monoisotopic (exact) mass is 384 g/mol. The lowest BCUT2D eigenvalue weighted by molar-refractivity contribution is 0.0877. The summed E-state index contributed by atoms with van der Waals surface area (Å²) in [5, 5.41) is 40.8. The van der Waals surface area contributed by atoms with Crippen LogP contribution in [0.4, 0.5) is 0 Å². The molecule has 0 aliphatic rings. The van der Waals surface area contributed by atoms with Crippen LogP contribution in [0.1, 0.15) is 51.8 Å². The summed E-state index contributed by atoms with van der Waals surface area (Å²) in [6, 6.07) is 2.05. The van der Waals surface area contributed by atoms with E-state index in [1.165, 1.54) is 25.1 Å². The highest BCUT2D eigenvalue weighted by molar-refractivity contribution is 6.04. The number of ketones is 1. The molecule has 0 radical (unpaired) electrons. The van der Waals surface area contributed by atoms with Crippen LogP contribution < -0.4 is 10.6 Å². The molecule has 1 aromatic carbocycles. The Morgan fingerprint density at radius 2 is 1.04 bits per heavy atom. The summed E-state index contributed by atoms with van der Waals surface area (Å²) in [5.74, 6) is -1.72. The molecule has 27 heavy (non-hydrogen) atoms. The Morgan fingerprint density at radius 1 is 0.741 bits per heavy atom. The molecular formula is C18H28N2O7. The normalized spacial score (nSPS) is 10.3. The molecule has 0 bridgehead atoms. The number of aliphatic hydroxyl groups excluding tert-OH is 4. The van der Waals surface area contributed by atoms with Gasteiger partial charge in [-0.15, -0.1) is 0 Å². The van der Waals surface area contributed by atoms with E-state index in [1.807, 2.05) is 13.8 Å². The van der Waals surface area contributed by atoms with Crippen molar-refractivity contribution in [1.29, 1.82) is 0 Å². The van der Waals surface area contributed by atoms with E-state index < -0.39 is 50.3 Å². The minimum atomic E-state index is -0.876. The molecule has 0 aliphatic heterocycles. The third-order valence-corrected chi connectivity index (χ3v) is 3.42. The summed E-state index contributed by atoms with van der Waals surface area (Å²) in [5.41, 5.74) is 0.107. The number of benzene rings is 1. The van der Waals surface area contributed by atoms with Crippen LogP contribution >= 0.6 is 0 Å². The molecule has 152 valence electrons. The number of carbonyl (C=O) groups is 3. The van der Waals surface area contributed by atoms with Crippen LogP contribution in [0.5, 0.6) is 0 Å². The van der Waals surface area contributed by atoms with Gasteiger partial charge < -0.3 is 31.1 Å². The summed E-state index contributed by atoms with van der Waals surface area (Å²) in [6.07, 6.45) is 0. The lowest BCUT2D eigenvalue weighted by Gasteiger charge is -2.16. The number of aliphatic hydroxyl groups is 4. The lowest BCUT2D eigenvalue weighted by atomic mass is 10.0. The van der Waals surface area contributed by atoms with Crippen LogP contribution in [-0.4, -0.2) is 76.5 Å². The molecule has 0 aromatic heterocycles. The summed E-state index contributed by atoms with van der Waals surface area (Å²) in [6.45, 7) is 3.37. The molecule has 9 nitrogen and oxygen atoms in total. The summed E-state index contributed by atoms with van der Waals surface area (Å²) < 4.78 is 0. The van der Waals surface area contributed by atoms with E-state index in [2.05, 4.69) is 10.6 Å². The maximum absolute atomic E-state index is 12.2. The van der Waals surface area contributed by atoms with Crippen LogP contribution in [0.2, 0.25) is 0 Å². The topological polar surface area (TPSA) is 156 Å². The zero-order valence-electron chi connectivity index (χ0n) is 15.7. The maximum atomic E-state index is 12.2. The summed E-state index contributed by atoms with van der Waals surface area (Å²) >= 11 is 0. The van der Waals surface area contributed by atoms with Crippen molar-refractivity contribution in [1.82, 2.24) is 10.6 Å². The van der Waals surface area contributed by atoms with E-state index in [0.717, 1.165) is 0 Å². The van der Waals surface area contributed by atoms with Crippen molar-refractivity contribution in [2.75, 3.05) is 26.4 Å². The second-order valence-electron chi connectivity index (χ2n) is 5.43. The van der Waals surface area contributed by atoms with Crippen molar-refractivity contribution < 1.29 is 34.8 Å². The highest BCUT2D eigenvalue weighted by Gasteiger charge is 2.18. The molecule has 0 unspecified atom stereocenters. The highest BCUT2D eigenvalue weighted by Crippen LogP contribution is 2.12. The van der Waals surface area contributed by atoms with Crippen LogP contribution in [0.15, 0.2) is 18.2 Å². The van der Waals surface area contributed by atoms with Crippen molar-refractivity contribution in [2.45, 2.75) is 32.9 Å². The van der Waals surface area contributed by atoms with Gasteiger partial charge in [0.05, 0.1) is 38.5 Å². The van der Waals surface area contributed by atoms with E-state index in [4.69, 9.17) is 20.4 Å². The van der Waals surface area contributed by atoms with Crippen molar-refractivity contribution in [2.24, 2.45) is 0 Å². The number of carbonyl (C=O) groups excluding carboxylic acids is 3. The molecule has 0 atom stereocenters. The molecular weight excluding hydrogens is 356 g/mol. The fourth-order valence-corrected chi connectivity index (χ4v) is 1.93. The van der Waals surface area contributed by atoms with Crippen LogP contribution in [0, 0.1) is 0 Å². The van der Waals surface area contributed by atoms with Crippen LogP contribution in [0.25, 0.3) is 0 Å². The summed E-state index contributed by atoms with van der Waals surface area (Å²) in [7, 11) is 0. The molecule has 0 spiro atoms. The lowest BCUT2D eigenvalue weighted by Crippen LogP contribution is -2.41. The van der Waals surface area contributed by atoms with Gasteiger partial charge in [-0.05, 0) is 25.1 Å². The van der Waals surface area contributed by atoms with Crippen LogP contribution in [-0.2, 0) is 0 Å². The molecule has 9 heteroatoms. The van der Waals surface area contributed by atoms with Gasteiger partial charge >= 0.3 is 0 Å². The second-order valence-corrected chi connectivity index (χ2v) is 5.43. The van der Waals surface area contributed by atoms with E-state index in [0.29, 0.717) is 0 Å². The number of rotatable bonds is 9. The van der Waals surface area contributed by atoms with Crippen molar-refractivity contribution in [3.8, 4) is 0 Å². The van der Waals surface area contributed by atoms with Gasteiger partial charge in [-0.3, -0.25) is 14.4 Å².